The summed E-state index contributed by atoms with van der Waals surface area (Å²) in [5, 5.41) is 2.95. The first kappa shape index (κ1) is 15.5. The molecule has 0 bridgehead atoms. The van der Waals surface area contributed by atoms with E-state index in [2.05, 4.69) is 46.2 Å². The monoisotopic (exact) mass is 310 g/mol. The predicted molar refractivity (Wildman–Crippen MR) is 90.3 cm³/mol. The molecule has 0 spiro atoms. The van der Waals surface area contributed by atoms with E-state index in [-0.39, 0.29) is 11.9 Å². The van der Waals surface area contributed by atoms with Crippen molar-refractivity contribution in [2.24, 2.45) is 0 Å². The third-order valence-corrected chi connectivity index (χ3v) is 3.89. The molecule has 1 heterocycles. The molecule has 1 aromatic carbocycles. The molecule has 1 amide bonds. The van der Waals surface area contributed by atoms with Gasteiger partial charge in [0.1, 0.15) is 0 Å². The number of nitrogens with zero attached hydrogens (tertiary/aromatic N) is 3. The highest BCUT2D eigenvalue weighted by Crippen LogP contribution is 2.20. The second-order valence-corrected chi connectivity index (χ2v) is 6.23. The molecule has 0 unspecified atom stereocenters. The highest BCUT2D eigenvalue weighted by Gasteiger charge is 2.24. The summed E-state index contributed by atoms with van der Waals surface area (Å²) in [6.45, 7) is 4.96. The molecule has 1 aliphatic carbocycles. The van der Waals surface area contributed by atoms with Crippen molar-refractivity contribution >= 4 is 11.9 Å². The number of hydrogen-bond acceptors (Lipinski definition) is 4. The van der Waals surface area contributed by atoms with Crippen LogP contribution >= 0.6 is 0 Å². The third-order valence-electron chi connectivity index (χ3n) is 3.89. The maximum absolute atomic E-state index is 12.0. The summed E-state index contributed by atoms with van der Waals surface area (Å²) >= 11 is 0. The fraction of sp³-hybridized carbons (Fsp3) is 0.389. The first-order valence-corrected chi connectivity index (χ1v) is 8.07. The van der Waals surface area contributed by atoms with E-state index in [0.29, 0.717) is 17.6 Å². The highest BCUT2D eigenvalue weighted by atomic mass is 16.1. The van der Waals surface area contributed by atoms with Crippen LogP contribution in [0.4, 0.5) is 5.95 Å². The van der Waals surface area contributed by atoms with Crippen LogP contribution in [-0.4, -0.2) is 28.0 Å². The SMILES string of the molecule is CC(C)N(Cc1ccccc1)c1ncc(C(=O)NC2CC2)cn1. The summed E-state index contributed by atoms with van der Waals surface area (Å²) in [4.78, 5) is 22.9. The number of carbonyl (C=O) groups excluding carboxylic acids is 1. The lowest BCUT2D eigenvalue weighted by Crippen LogP contribution is -2.32. The van der Waals surface area contributed by atoms with E-state index in [4.69, 9.17) is 0 Å². The molecule has 2 aromatic rings. The van der Waals surface area contributed by atoms with Gasteiger partial charge in [0.2, 0.25) is 5.95 Å². The Labute approximate surface area is 136 Å². The van der Waals surface area contributed by atoms with Gasteiger partial charge in [-0.2, -0.15) is 0 Å². The van der Waals surface area contributed by atoms with Crippen molar-refractivity contribution in [3.05, 3.63) is 53.9 Å². The van der Waals surface area contributed by atoms with E-state index in [1.807, 2.05) is 18.2 Å². The minimum atomic E-state index is -0.0850. The summed E-state index contributed by atoms with van der Waals surface area (Å²) < 4.78 is 0. The van der Waals surface area contributed by atoms with Crippen molar-refractivity contribution < 1.29 is 4.79 Å². The Morgan fingerprint density at radius 1 is 1.22 bits per heavy atom. The molecular weight excluding hydrogens is 288 g/mol. The van der Waals surface area contributed by atoms with Crippen LogP contribution in [0.5, 0.6) is 0 Å². The lowest BCUT2D eigenvalue weighted by Gasteiger charge is -2.26. The molecule has 1 aromatic heterocycles. The zero-order chi connectivity index (χ0) is 16.2. The van der Waals surface area contributed by atoms with Gasteiger partial charge in [0.05, 0.1) is 5.56 Å². The summed E-state index contributed by atoms with van der Waals surface area (Å²) in [6, 6.07) is 10.8. The van der Waals surface area contributed by atoms with Crippen LogP contribution in [0.1, 0.15) is 42.6 Å². The van der Waals surface area contributed by atoms with Gasteiger partial charge in [-0.1, -0.05) is 30.3 Å². The van der Waals surface area contributed by atoms with E-state index >= 15 is 0 Å². The molecular formula is C18H22N4O. The smallest absolute Gasteiger partial charge is 0.254 e. The standard InChI is InChI=1S/C18H22N4O/c1-13(2)22(12-14-6-4-3-5-7-14)18-19-10-15(11-20-18)17(23)21-16-8-9-16/h3-7,10-11,13,16H,8-9,12H2,1-2H3,(H,21,23). The maximum atomic E-state index is 12.0. The van der Waals surface area contributed by atoms with Crippen molar-refractivity contribution in [2.75, 3.05) is 4.90 Å². The van der Waals surface area contributed by atoms with Crippen molar-refractivity contribution in [1.82, 2.24) is 15.3 Å². The molecule has 120 valence electrons. The van der Waals surface area contributed by atoms with Crippen LogP contribution < -0.4 is 10.2 Å². The van der Waals surface area contributed by atoms with Gasteiger partial charge in [0.15, 0.2) is 0 Å². The Bertz CT molecular complexity index is 650. The average Bonchev–Trinajstić information content (AvgIpc) is 3.37. The number of hydrogen-bond donors (Lipinski definition) is 1. The quantitative estimate of drug-likeness (QED) is 0.891. The summed E-state index contributed by atoms with van der Waals surface area (Å²) in [5.41, 5.74) is 1.73. The first-order chi connectivity index (χ1) is 11.1. The zero-order valence-corrected chi connectivity index (χ0v) is 13.6. The largest absolute Gasteiger partial charge is 0.349 e. The zero-order valence-electron chi connectivity index (χ0n) is 13.6. The Kier molecular flexibility index (Phi) is 4.55. The molecule has 23 heavy (non-hydrogen) atoms. The van der Waals surface area contributed by atoms with Gasteiger partial charge in [0, 0.05) is 31.0 Å². The van der Waals surface area contributed by atoms with Crippen LogP contribution in [0.25, 0.3) is 0 Å². The topological polar surface area (TPSA) is 58.1 Å². The number of rotatable bonds is 6. The second kappa shape index (κ2) is 6.77. The average molecular weight is 310 g/mol. The maximum Gasteiger partial charge on any atom is 0.254 e. The molecule has 0 atom stereocenters. The Morgan fingerprint density at radius 2 is 1.87 bits per heavy atom. The molecule has 1 fully saturated rings. The Balaban J connectivity index is 1.73. The number of anilines is 1. The summed E-state index contributed by atoms with van der Waals surface area (Å²) in [5.74, 6) is 0.560. The van der Waals surface area contributed by atoms with Crippen LogP contribution in [0.2, 0.25) is 0 Å². The minimum absolute atomic E-state index is 0.0850. The highest BCUT2D eigenvalue weighted by molar-refractivity contribution is 5.94. The minimum Gasteiger partial charge on any atom is -0.349 e. The third kappa shape index (κ3) is 4.06. The van der Waals surface area contributed by atoms with E-state index in [1.165, 1.54) is 5.56 Å². The molecule has 5 nitrogen and oxygen atoms in total. The van der Waals surface area contributed by atoms with Gasteiger partial charge in [-0.05, 0) is 32.3 Å². The molecule has 1 N–H and O–H groups in total. The number of nitrogens with one attached hydrogen (secondary N) is 1. The van der Waals surface area contributed by atoms with E-state index in [0.717, 1.165) is 19.4 Å². The fourth-order valence-corrected chi connectivity index (χ4v) is 2.35. The number of benzene rings is 1. The van der Waals surface area contributed by atoms with Gasteiger partial charge in [-0.25, -0.2) is 9.97 Å². The van der Waals surface area contributed by atoms with E-state index < -0.39 is 0 Å². The molecule has 0 saturated heterocycles. The predicted octanol–water partition coefficient (Wildman–Crippen LogP) is 2.78. The van der Waals surface area contributed by atoms with Crippen LogP contribution in [0.15, 0.2) is 42.7 Å². The Morgan fingerprint density at radius 3 is 2.43 bits per heavy atom. The van der Waals surface area contributed by atoms with Crippen molar-refractivity contribution in [2.45, 2.75) is 45.3 Å². The number of aromatic nitrogens is 2. The van der Waals surface area contributed by atoms with Crippen LogP contribution in [0.3, 0.4) is 0 Å². The fourth-order valence-electron chi connectivity index (χ4n) is 2.35. The molecule has 5 heteroatoms. The van der Waals surface area contributed by atoms with Crippen molar-refractivity contribution in [3.63, 3.8) is 0 Å². The van der Waals surface area contributed by atoms with Crippen molar-refractivity contribution in [3.8, 4) is 0 Å². The number of amides is 1. The summed E-state index contributed by atoms with van der Waals surface area (Å²) in [6.07, 6.45) is 5.37. The molecule has 0 radical (unpaired) electrons. The van der Waals surface area contributed by atoms with Gasteiger partial charge in [-0.3, -0.25) is 4.79 Å². The molecule has 1 aliphatic rings. The first-order valence-electron chi connectivity index (χ1n) is 8.07. The van der Waals surface area contributed by atoms with Gasteiger partial charge >= 0.3 is 0 Å². The molecule has 1 saturated carbocycles. The lowest BCUT2D eigenvalue weighted by molar-refractivity contribution is 0.0950. The van der Waals surface area contributed by atoms with Gasteiger partial charge < -0.3 is 10.2 Å². The van der Waals surface area contributed by atoms with Crippen LogP contribution in [-0.2, 0) is 6.54 Å². The van der Waals surface area contributed by atoms with Crippen LogP contribution in [0, 0.1) is 0 Å². The molecule has 0 aliphatic heterocycles. The lowest BCUT2D eigenvalue weighted by atomic mass is 10.2. The van der Waals surface area contributed by atoms with Gasteiger partial charge in [0.25, 0.3) is 5.91 Å². The van der Waals surface area contributed by atoms with Gasteiger partial charge in [-0.15, -0.1) is 0 Å². The normalized spacial score (nSPS) is 13.9. The second-order valence-electron chi connectivity index (χ2n) is 6.23. The van der Waals surface area contributed by atoms with E-state index in [9.17, 15) is 4.79 Å². The number of carbonyl (C=O) groups is 1. The molecule has 3 rings (SSSR count). The van der Waals surface area contributed by atoms with Crippen molar-refractivity contribution in [1.29, 1.82) is 0 Å². The Hall–Kier alpha value is -2.43. The summed E-state index contributed by atoms with van der Waals surface area (Å²) in [7, 11) is 0. The van der Waals surface area contributed by atoms with E-state index in [1.54, 1.807) is 12.4 Å².